The summed E-state index contributed by atoms with van der Waals surface area (Å²) < 4.78 is 5.84. The number of aromatic nitrogens is 3. The molecule has 5 aromatic rings. The third-order valence-corrected chi connectivity index (χ3v) is 4.04. The third kappa shape index (κ3) is 1.82. The maximum atomic E-state index is 5.84. The van der Waals surface area contributed by atoms with Crippen LogP contribution in [0.5, 0.6) is 0 Å². The molecule has 0 fully saturated rings. The highest BCUT2D eigenvalue weighted by atomic mass is 16.3. The second-order valence-electron chi connectivity index (χ2n) is 5.39. The molecule has 0 atom stereocenters. The second kappa shape index (κ2) is 4.61. The Hall–Kier alpha value is -3.27. The van der Waals surface area contributed by atoms with E-state index in [1.54, 1.807) is 18.6 Å². The van der Waals surface area contributed by atoms with Crippen molar-refractivity contribution in [1.82, 2.24) is 15.0 Å². The van der Waals surface area contributed by atoms with E-state index in [0.29, 0.717) is 0 Å². The van der Waals surface area contributed by atoms with Crippen molar-refractivity contribution in [1.29, 1.82) is 0 Å². The largest absolute Gasteiger partial charge is 0.454 e. The van der Waals surface area contributed by atoms with Crippen molar-refractivity contribution in [2.75, 3.05) is 0 Å². The Balaban J connectivity index is 1.84. The quantitative estimate of drug-likeness (QED) is 0.454. The highest BCUT2D eigenvalue weighted by molar-refractivity contribution is 6.06. The molecule has 23 heavy (non-hydrogen) atoms. The Bertz CT molecular complexity index is 1170. The number of fused-ring (bicyclic) bond motifs is 4. The number of hydrogen-bond acceptors (Lipinski definition) is 4. The summed E-state index contributed by atoms with van der Waals surface area (Å²) in [5, 5.41) is 2.16. The van der Waals surface area contributed by atoms with Crippen LogP contribution in [0.25, 0.3) is 44.2 Å². The topological polar surface area (TPSA) is 51.8 Å². The van der Waals surface area contributed by atoms with Gasteiger partial charge in [0, 0.05) is 28.7 Å². The fraction of sp³-hybridized carbons (Fsp3) is 0. The Morgan fingerprint density at radius 1 is 0.739 bits per heavy atom. The van der Waals surface area contributed by atoms with Gasteiger partial charge in [-0.2, -0.15) is 0 Å². The van der Waals surface area contributed by atoms with E-state index >= 15 is 0 Å². The van der Waals surface area contributed by atoms with Gasteiger partial charge in [0.2, 0.25) is 0 Å². The van der Waals surface area contributed by atoms with E-state index in [1.807, 2.05) is 36.4 Å². The highest BCUT2D eigenvalue weighted by Gasteiger charge is 2.11. The van der Waals surface area contributed by atoms with E-state index in [4.69, 9.17) is 4.42 Å². The summed E-state index contributed by atoms with van der Waals surface area (Å²) >= 11 is 0. The van der Waals surface area contributed by atoms with Gasteiger partial charge in [0.1, 0.15) is 5.58 Å². The van der Waals surface area contributed by atoms with Crippen molar-refractivity contribution in [3.63, 3.8) is 0 Å². The predicted octanol–water partition coefficient (Wildman–Crippen LogP) is 4.59. The lowest BCUT2D eigenvalue weighted by Gasteiger charge is -2.04. The van der Waals surface area contributed by atoms with Crippen LogP contribution in [0, 0.1) is 0 Å². The van der Waals surface area contributed by atoms with Gasteiger partial charge in [-0.3, -0.25) is 15.0 Å². The molecule has 0 amide bonds. The lowest BCUT2D eigenvalue weighted by Crippen LogP contribution is -1.89. The fourth-order valence-electron chi connectivity index (χ4n) is 2.98. The minimum absolute atomic E-state index is 0.793. The zero-order chi connectivity index (χ0) is 15.2. The van der Waals surface area contributed by atoms with Gasteiger partial charge in [-0.05, 0) is 18.2 Å². The van der Waals surface area contributed by atoms with Crippen LogP contribution in [0.2, 0.25) is 0 Å². The Morgan fingerprint density at radius 2 is 1.65 bits per heavy atom. The van der Waals surface area contributed by atoms with Crippen LogP contribution >= 0.6 is 0 Å². The van der Waals surface area contributed by atoms with Gasteiger partial charge in [0.25, 0.3) is 0 Å². The number of pyridine rings is 1. The average Bonchev–Trinajstić information content (AvgIpc) is 2.99. The smallest absolute Gasteiger partial charge is 0.153 e. The Kier molecular flexibility index (Phi) is 2.46. The van der Waals surface area contributed by atoms with E-state index in [0.717, 1.165) is 44.2 Å². The highest BCUT2D eigenvalue weighted by Crippen LogP contribution is 2.32. The number of benzene rings is 2. The molecule has 0 spiro atoms. The maximum Gasteiger partial charge on any atom is 0.153 e. The number of hydrogen-bond donors (Lipinski definition) is 0. The molecule has 3 heterocycles. The van der Waals surface area contributed by atoms with Crippen molar-refractivity contribution in [3.8, 4) is 11.3 Å². The molecule has 108 valence electrons. The van der Waals surface area contributed by atoms with E-state index in [-0.39, 0.29) is 0 Å². The second-order valence-corrected chi connectivity index (χ2v) is 5.39. The SMILES string of the molecule is c1cc(-c2cc3c(cn2)oc2ccccc23)c2nccnc2c1. The summed E-state index contributed by atoms with van der Waals surface area (Å²) in [4.78, 5) is 13.4. The first-order chi connectivity index (χ1) is 11.4. The van der Waals surface area contributed by atoms with Crippen molar-refractivity contribution in [2.45, 2.75) is 0 Å². The first-order valence-corrected chi connectivity index (χ1v) is 7.37. The molecule has 0 aliphatic heterocycles. The number of furan rings is 1. The van der Waals surface area contributed by atoms with Crippen LogP contribution in [0.1, 0.15) is 0 Å². The van der Waals surface area contributed by atoms with Crippen LogP contribution in [-0.4, -0.2) is 15.0 Å². The van der Waals surface area contributed by atoms with Gasteiger partial charge in [0.15, 0.2) is 5.58 Å². The fourth-order valence-corrected chi connectivity index (χ4v) is 2.98. The lowest BCUT2D eigenvalue weighted by molar-refractivity contribution is 0.667. The predicted molar refractivity (Wildman–Crippen MR) is 90.0 cm³/mol. The van der Waals surface area contributed by atoms with E-state index in [1.165, 1.54) is 0 Å². The Labute approximate surface area is 131 Å². The van der Waals surface area contributed by atoms with Crippen LogP contribution in [0.4, 0.5) is 0 Å². The zero-order valence-electron chi connectivity index (χ0n) is 12.1. The summed E-state index contributed by atoms with van der Waals surface area (Å²) in [6, 6.07) is 16.0. The third-order valence-electron chi connectivity index (χ3n) is 4.04. The summed E-state index contributed by atoms with van der Waals surface area (Å²) in [6.45, 7) is 0. The van der Waals surface area contributed by atoms with Gasteiger partial charge in [0.05, 0.1) is 22.9 Å². The zero-order valence-corrected chi connectivity index (χ0v) is 12.1. The summed E-state index contributed by atoms with van der Waals surface area (Å²) in [5.41, 5.74) is 5.23. The molecular formula is C19H11N3O. The van der Waals surface area contributed by atoms with Gasteiger partial charge < -0.3 is 4.42 Å². The molecule has 0 aliphatic rings. The molecular weight excluding hydrogens is 286 g/mol. The molecule has 0 saturated carbocycles. The Morgan fingerprint density at radius 3 is 2.65 bits per heavy atom. The summed E-state index contributed by atoms with van der Waals surface area (Å²) in [7, 11) is 0. The molecule has 4 heteroatoms. The van der Waals surface area contributed by atoms with Crippen LogP contribution in [-0.2, 0) is 0 Å². The molecule has 0 aliphatic carbocycles. The van der Waals surface area contributed by atoms with Crippen molar-refractivity contribution in [3.05, 3.63) is 67.1 Å². The molecule has 4 nitrogen and oxygen atoms in total. The van der Waals surface area contributed by atoms with Gasteiger partial charge >= 0.3 is 0 Å². The number of para-hydroxylation sites is 2. The van der Waals surface area contributed by atoms with E-state index in [2.05, 4.69) is 27.1 Å². The summed E-state index contributed by atoms with van der Waals surface area (Å²) in [6.07, 6.45) is 5.18. The van der Waals surface area contributed by atoms with Gasteiger partial charge in [-0.15, -0.1) is 0 Å². The van der Waals surface area contributed by atoms with Crippen molar-refractivity contribution in [2.24, 2.45) is 0 Å². The first kappa shape index (κ1) is 12.3. The van der Waals surface area contributed by atoms with Gasteiger partial charge in [-0.1, -0.05) is 30.3 Å². The number of rotatable bonds is 1. The van der Waals surface area contributed by atoms with Crippen LogP contribution < -0.4 is 0 Å². The molecule has 0 N–H and O–H groups in total. The lowest BCUT2D eigenvalue weighted by atomic mass is 10.1. The minimum Gasteiger partial charge on any atom is -0.454 e. The van der Waals surface area contributed by atoms with E-state index < -0.39 is 0 Å². The number of nitrogens with zero attached hydrogens (tertiary/aromatic N) is 3. The maximum absolute atomic E-state index is 5.84. The molecule has 0 saturated heterocycles. The van der Waals surface area contributed by atoms with Gasteiger partial charge in [-0.25, -0.2) is 0 Å². The molecule has 0 bridgehead atoms. The first-order valence-electron chi connectivity index (χ1n) is 7.37. The average molecular weight is 297 g/mol. The standard InChI is InChI=1S/C19H11N3O/c1-2-7-17-12(4-1)14-10-16(22-11-18(14)23-17)13-5-3-6-15-19(13)21-9-8-20-15/h1-11H. The van der Waals surface area contributed by atoms with Crippen molar-refractivity contribution < 1.29 is 4.42 Å². The van der Waals surface area contributed by atoms with E-state index in [9.17, 15) is 0 Å². The molecule has 2 aromatic carbocycles. The normalized spacial score (nSPS) is 11.5. The summed E-state index contributed by atoms with van der Waals surface area (Å²) in [5.74, 6) is 0. The van der Waals surface area contributed by atoms with Crippen LogP contribution in [0.3, 0.4) is 0 Å². The van der Waals surface area contributed by atoms with Crippen molar-refractivity contribution >= 4 is 33.0 Å². The molecule has 5 rings (SSSR count). The molecule has 0 radical (unpaired) electrons. The van der Waals surface area contributed by atoms with Crippen LogP contribution in [0.15, 0.2) is 71.5 Å². The molecule has 3 aromatic heterocycles. The monoisotopic (exact) mass is 297 g/mol. The molecule has 0 unspecified atom stereocenters. The minimum atomic E-state index is 0.793.